The van der Waals surface area contributed by atoms with Gasteiger partial charge in [0, 0.05) is 18.4 Å². The third-order valence-electron chi connectivity index (χ3n) is 2.53. The summed E-state index contributed by atoms with van der Waals surface area (Å²) >= 11 is 13.9. The summed E-state index contributed by atoms with van der Waals surface area (Å²) in [7, 11) is 0. The van der Waals surface area contributed by atoms with Gasteiger partial charge in [0.2, 0.25) is 0 Å². The molecule has 0 N–H and O–H groups in total. The molecule has 0 saturated carbocycles. The molecular weight excluding hydrogens is 358 g/mol. The van der Waals surface area contributed by atoms with Gasteiger partial charge in [0.15, 0.2) is 0 Å². The molecule has 4 heteroatoms. The first-order valence-corrected chi connectivity index (χ1v) is 8.45. The van der Waals surface area contributed by atoms with Crippen molar-refractivity contribution >= 4 is 45.8 Å². The van der Waals surface area contributed by atoms with Crippen molar-refractivity contribution in [2.45, 2.75) is 55.5 Å². The number of halogens is 3. The fourth-order valence-electron chi connectivity index (χ4n) is 1.46. The highest BCUT2D eigenvalue weighted by molar-refractivity contribution is 14.1. The van der Waals surface area contributed by atoms with Crippen LogP contribution in [0.1, 0.15) is 45.4 Å². The molecule has 0 spiro atoms. The summed E-state index contributed by atoms with van der Waals surface area (Å²) in [6.07, 6.45) is 7.85. The normalized spacial score (nSPS) is 15.0. The van der Waals surface area contributed by atoms with Gasteiger partial charge in [-0.1, -0.05) is 61.6 Å². The fraction of sp³-hybridized carbons (Fsp3) is 1.00. The Balaban J connectivity index is 3.34. The molecule has 0 saturated heterocycles. The summed E-state index contributed by atoms with van der Waals surface area (Å²) < 4.78 is 6.04. The van der Waals surface area contributed by atoms with E-state index in [0.29, 0.717) is 15.7 Å². The number of unbranched alkanes of at least 4 members (excludes halogenated alkanes) is 5. The van der Waals surface area contributed by atoms with Gasteiger partial charge in [0.05, 0.1) is 10.0 Å². The first kappa shape index (κ1) is 17.3. The molecule has 0 radical (unpaired) electrons. The van der Waals surface area contributed by atoms with E-state index in [2.05, 4.69) is 29.5 Å². The Bertz CT molecular complexity index is 147. The van der Waals surface area contributed by atoms with Crippen molar-refractivity contribution in [3.05, 3.63) is 0 Å². The predicted molar refractivity (Wildman–Crippen MR) is 82.4 cm³/mol. The summed E-state index contributed by atoms with van der Waals surface area (Å²) in [5.74, 6) is 1.14. The van der Waals surface area contributed by atoms with Crippen LogP contribution in [0, 0.1) is 0 Å². The summed E-state index contributed by atoms with van der Waals surface area (Å²) in [5.41, 5.74) is 0. The van der Waals surface area contributed by atoms with Gasteiger partial charge in [-0.25, -0.2) is 0 Å². The average Bonchev–Trinajstić information content (AvgIpc) is 2.32. The van der Waals surface area contributed by atoms with Gasteiger partial charge in [-0.3, -0.25) is 0 Å². The molecule has 0 bridgehead atoms. The minimum atomic E-state index is 0.107. The quantitative estimate of drug-likeness (QED) is 0.278. The van der Waals surface area contributed by atoms with Crippen molar-refractivity contribution in [2.24, 2.45) is 0 Å². The van der Waals surface area contributed by atoms with E-state index in [1.165, 1.54) is 32.1 Å². The van der Waals surface area contributed by atoms with Crippen LogP contribution in [0.15, 0.2) is 0 Å². The van der Waals surface area contributed by atoms with Gasteiger partial charge < -0.3 is 4.74 Å². The fourth-order valence-corrected chi connectivity index (χ4v) is 2.73. The number of ether oxygens (including phenoxy) is 1. The molecule has 1 nitrogen and oxygen atoms in total. The Morgan fingerprint density at radius 3 is 2.19 bits per heavy atom. The lowest BCUT2D eigenvalue weighted by Gasteiger charge is -2.19. The van der Waals surface area contributed by atoms with Crippen LogP contribution in [-0.2, 0) is 4.74 Å². The molecule has 0 aromatic rings. The van der Waals surface area contributed by atoms with Crippen LogP contribution in [0.3, 0.4) is 0 Å². The van der Waals surface area contributed by atoms with Gasteiger partial charge in [0.25, 0.3) is 0 Å². The van der Waals surface area contributed by atoms with E-state index in [4.69, 9.17) is 27.9 Å². The topological polar surface area (TPSA) is 9.23 Å². The van der Waals surface area contributed by atoms with E-state index >= 15 is 0 Å². The maximum absolute atomic E-state index is 5.83. The molecule has 16 heavy (non-hydrogen) atoms. The Morgan fingerprint density at radius 2 is 1.62 bits per heavy atom. The molecule has 0 aliphatic heterocycles. The minimum Gasteiger partial charge on any atom is -0.376 e. The predicted octanol–water partition coefficient (Wildman–Crippen LogP) is 5.01. The van der Waals surface area contributed by atoms with Crippen molar-refractivity contribution < 1.29 is 4.74 Å². The number of hydrogen-bond donors (Lipinski definition) is 0. The number of alkyl halides is 3. The zero-order chi connectivity index (χ0) is 12.2. The van der Waals surface area contributed by atoms with Crippen LogP contribution in [-0.4, -0.2) is 28.4 Å². The van der Waals surface area contributed by atoms with Crippen LogP contribution in [0.5, 0.6) is 0 Å². The summed E-state index contributed by atoms with van der Waals surface area (Å²) in [5, 5.41) is 0. The highest BCUT2D eigenvalue weighted by Gasteiger charge is 2.17. The van der Waals surface area contributed by atoms with Gasteiger partial charge in [0.1, 0.15) is 0 Å². The van der Waals surface area contributed by atoms with Crippen molar-refractivity contribution in [1.82, 2.24) is 0 Å². The standard InChI is InChI=1S/C12H23Cl2IO/c1-2-3-4-5-6-7-8-16-12(10-14)11(15)9-13/h11-12H,2-10H2,1H3. The summed E-state index contributed by atoms with van der Waals surface area (Å²) in [6.45, 7) is 3.06. The van der Waals surface area contributed by atoms with Crippen molar-refractivity contribution in [3.8, 4) is 0 Å². The third kappa shape index (κ3) is 9.32. The lowest BCUT2D eigenvalue weighted by molar-refractivity contribution is 0.0698. The second kappa shape index (κ2) is 12.7. The smallest absolute Gasteiger partial charge is 0.0839 e. The first-order chi connectivity index (χ1) is 7.76. The largest absolute Gasteiger partial charge is 0.376 e. The minimum absolute atomic E-state index is 0.107. The lowest BCUT2D eigenvalue weighted by Crippen LogP contribution is -2.27. The van der Waals surface area contributed by atoms with Gasteiger partial charge in [-0.2, -0.15) is 0 Å². The van der Waals surface area contributed by atoms with Crippen LogP contribution in [0.2, 0.25) is 0 Å². The molecule has 2 unspecified atom stereocenters. The van der Waals surface area contributed by atoms with E-state index < -0.39 is 0 Å². The lowest BCUT2D eigenvalue weighted by atomic mass is 10.1. The van der Waals surface area contributed by atoms with Crippen molar-refractivity contribution in [2.75, 3.05) is 18.4 Å². The Kier molecular flexibility index (Phi) is 13.7. The van der Waals surface area contributed by atoms with Gasteiger partial charge in [-0.15, -0.1) is 23.2 Å². The Hall–Kier alpha value is 1.27. The molecule has 0 aromatic carbocycles. The maximum Gasteiger partial charge on any atom is 0.0839 e. The number of rotatable bonds is 11. The molecular formula is C12H23Cl2IO. The van der Waals surface area contributed by atoms with Crippen LogP contribution < -0.4 is 0 Å². The summed E-state index contributed by atoms with van der Waals surface area (Å²) in [4.78, 5) is 0. The molecule has 0 heterocycles. The molecule has 2 atom stereocenters. The van der Waals surface area contributed by atoms with Crippen LogP contribution >= 0.6 is 45.8 Å². The number of hydrogen-bond acceptors (Lipinski definition) is 1. The van der Waals surface area contributed by atoms with Crippen LogP contribution in [0.4, 0.5) is 0 Å². The second-order valence-corrected chi connectivity index (χ2v) is 6.22. The molecule has 98 valence electrons. The maximum atomic E-state index is 5.83. The SMILES string of the molecule is CCCCCCCCOC(CCl)C(I)CCl. The van der Waals surface area contributed by atoms with E-state index in [1.54, 1.807) is 0 Å². The van der Waals surface area contributed by atoms with Gasteiger partial charge >= 0.3 is 0 Å². The Morgan fingerprint density at radius 1 is 1.00 bits per heavy atom. The molecule has 0 amide bonds. The highest BCUT2D eigenvalue weighted by atomic mass is 127. The molecule has 0 fully saturated rings. The highest BCUT2D eigenvalue weighted by Crippen LogP contribution is 2.14. The van der Waals surface area contributed by atoms with E-state index in [9.17, 15) is 0 Å². The first-order valence-electron chi connectivity index (χ1n) is 6.13. The van der Waals surface area contributed by atoms with Gasteiger partial charge in [-0.05, 0) is 6.42 Å². The molecule has 0 aromatic heterocycles. The zero-order valence-corrected chi connectivity index (χ0v) is 13.7. The zero-order valence-electron chi connectivity index (χ0n) is 10.1. The van der Waals surface area contributed by atoms with E-state index in [-0.39, 0.29) is 6.10 Å². The van der Waals surface area contributed by atoms with Crippen molar-refractivity contribution in [1.29, 1.82) is 0 Å². The summed E-state index contributed by atoms with van der Waals surface area (Å²) in [6, 6.07) is 0. The monoisotopic (exact) mass is 380 g/mol. The third-order valence-corrected chi connectivity index (χ3v) is 4.93. The van der Waals surface area contributed by atoms with E-state index in [1.807, 2.05) is 0 Å². The van der Waals surface area contributed by atoms with Crippen LogP contribution in [0.25, 0.3) is 0 Å². The molecule has 0 aliphatic carbocycles. The molecule has 0 aliphatic rings. The van der Waals surface area contributed by atoms with Crippen molar-refractivity contribution in [3.63, 3.8) is 0 Å². The van der Waals surface area contributed by atoms with E-state index in [0.717, 1.165) is 13.0 Å². The second-order valence-electron chi connectivity index (χ2n) is 4.00. The molecule has 0 rings (SSSR count). The average molecular weight is 381 g/mol. The Labute approximate surface area is 124 Å².